The second-order valence-corrected chi connectivity index (χ2v) is 4.71. The monoisotopic (exact) mass is 267 g/mol. The van der Waals surface area contributed by atoms with Gasteiger partial charge in [-0.1, -0.05) is 18.2 Å². The molecule has 4 heteroatoms. The first-order valence-corrected chi connectivity index (χ1v) is 6.57. The summed E-state index contributed by atoms with van der Waals surface area (Å²) in [7, 11) is 1.69. The molecule has 0 saturated carbocycles. The van der Waals surface area contributed by atoms with Crippen LogP contribution in [0.5, 0.6) is 5.75 Å². The second kappa shape index (κ2) is 5.35. The predicted octanol–water partition coefficient (Wildman–Crippen LogP) is 2.55. The van der Waals surface area contributed by atoms with Crippen molar-refractivity contribution in [2.45, 2.75) is 13.1 Å². The summed E-state index contributed by atoms with van der Waals surface area (Å²) < 4.78 is 7.55. The molecule has 102 valence electrons. The van der Waals surface area contributed by atoms with E-state index in [0.717, 1.165) is 34.5 Å². The Morgan fingerprint density at radius 2 is 2.05 bits per heavy atom. The number of aromatic nitrogens is 2. The molecule has 0 unspecified atom stereocenters. The number of nitrogens with two attached hydrogens (primary N) is 1. The Morgan fingerprint density at radius 3 is 2.85 bits per heavy atom. The Hall–Kier alpha value is -2.33. The van der Waals surface area contributed by atoms with Crippen molar-refractivity contribution in [2.75, 3.05) is 7.11 Å². The van der Waals surface area contributed by atoms with Crippen LogP contribution in [0.1, 0.15) is 11.1 Å². The van der Waals surface area contributed by atoms with Crippen LogP contribution in [-0.2, 0) is 13.1 Å². The van der Waals surface area contributed by atoms with Gasteiger partial charge in [-0.15, -0.1) is 0 Å². The standard InChI is InChI=1S/C16H17N3O/c1-20-16-7-6-12(9-17)8-13(16)10-19-11-18-14-4-2-3-5-15(14)19/h2-8,11H,9-10,17H2,1H3. The van der Waals surface area contributed by atoms with Gasteiger partial charge < -0.3 is 15.0 Å². The average molecular weight is 267 g/mol. The third-order valence-corrected chi connectivity index (χ3v) is 3.45. The zero-order chi connectivity index (χ0) is 13.9. The number of methoxy groups -OCH3 is 1. The zero-order valence-electron chi connectivity index (χ0n) is 11.4. The van der Waals surface area contributed by atoms with Crippen molar-refractivity contribution in [2.24, 2.45) is 5.73 Å². The maximum absolute atomic E-state index is 5.71. The highest BCUT2D eigenvalue weighted by atomic mass is 16.5. The fourth-order valence-corrected chi connectivity index (χ4v) is 2.40. The molecule has 3 rings (SSSR count). The molecule has 3 aromatic rings. The van der Waals surface area contributed by atoms with Gasteiger partial charge in [0.15, 0.2) is 0 Å². The summed E-state index contributed by atoms with van der Waals surface area (Å²) in [6.45, 7) is 1.25. The summed E-state index contributed by atoms with van der Waals surface area (Å²) in [5, 5.41) is 0. The lowest BCUT2D eigenvalue weighted by atomic mass is 10.1. The van der Waals surface area contributed by atoms with Crippen LogP contribution in [0.25, 0.3) is 11.0 Å². The van der Waals surface area contributed by atoms with E-state index < -0.39 is 0 Å². The lowest BCUT2D eigenvalue weighted by Gasteiger charge is -2.11. The SMILES string of the molecule is COc1ccc(CN)cc1Cn1cnc2ccccc21. The Balaban J connectivity index is 2.01. The smallest absolute Gasteiger partial charge is 0.123 e. The van der Waals surface area contributed by atoms with Crippen LogP contribution in [-0.4, -0.2) is 16.7 Å². The van der Waals surface area contributed by atoms with Crippen molar-refractivity contribution >= 4 is 11.0 Å². The van der Waals surface area contributed by atoms with Crippen LogP contribution in [0.4, 0.5) is 0 Å². The molecule has 0 aliphatic carbocycles. The van der Waals surface area contributed by atoms with Crippen molar-refractivity contribution in [1.29, 1.82) is 0 Å². The van der Waals surface area contributed by atoms with Gasteiger partial charge in [0.2, 0.25) is 0 Å². The van der Waals surface area contributed by atoms with Crippen molar-refractivity contribution in [3.05, 3.63) is 59.9 Å². The molecule has 0 fully saturated rings. The largest absolute Gasteiger partial charge is 0.496 e. The molecule has 2 N–H and O–H groups in total. The second-order valence-electron chi connectivity index (χ2n) is 4.71. The fourth-order valence-electron chi connectivity index (χ4n) is 2.40. The topological polar surface area (TPSA) is 53.1 Å². The number of imidazole rings is 1. The minimum atomic E-state index is 0.529. The van der Waals surface area contributed by atoms with E-state index in [2.05, 4.69) is 21.7 Å². The third-order valence-electron chi connectivity index (χ3n) is 3.45. The highest BCUT2D eigenvalue weighted by molar-refractivity contribution is 5.75. The number of hydrogen-bond acceptors (Lipinski definition) is 3. The van der Waals surface area contributed by atoms with Crippen molar-refractivity contribution in [1.82, 2.24) is 9.55 Å². The minimum Gasteiger partial charge on any atom is -0.496 e. The van der Waals surface area contributed by atoms with Crippen molar-refractivity contribution < 1.29 is 4.74 Å². The zero-order valence-corrected chi connectivity index (χ0v) is 11.4. The first kappa shape index (κ1) is 12.7. The maximum Gasteiger partial charge on any atom is 0.123 e. The van der Waals surface area contributed by atoms with E-state index in [9.17, 15) is 0 Å². The summed E-state index contributed by atoms with van der Waals surface area (Å²) in [6, 6.07) is 14.2. The number of fused-ring (bicyclic) bond motifs is 1. The van der Waals surface area contributed by atoms with Crippen LogP contribution >= 0.6 is 0 Å². The highest BCUT2D eigenvalue weighted by Crippen LogP contribution is 2.22. The summed E-state index contributed by atoms with van der Waals surface area (Å²) in [4.78, 5) is 4.41. The summed E-state index contributed by atoms with van der Waals surface area (Å²) in [6.07, 6.45) is 1.86. The number of para-hydroxylation sites is 2. The molecule has 0 aliphatic rings. The lowest BCUT2D eigenvalue weighted by Crippen LogP contribution is -2.03. The Kier molecular flexibility index (Phi) is 3.39. The first-order chi connectivity index (χ1) is 9.81. The summed E-state index contributed by atoms with van der Waals surface area (Å²) in [5.74, 6) is 0.875. The highest BCUT2D eigenvalue weighted by Gasteiger charge is 2.07. The van der Waals surface area contributed by atoms with E-state index in [4.69, 9.17) is 10.5 Å². The number of nitrogens with zero attached hydrogens (tertiary/aromatic N) is 2. The predicted molar refractivity (Wildman–Crippen MR) is 79.7 cm³/mol. The molecule has 0 aliphatic heterocycles. The van der Waals surface area contributed by atoms with Crippen LogP contribution in [0.2, 0.25) is 0 Å². The quantitative estimate of drug-likeness (QED) is 0.790. The Morgan fingerprint density at radius 1 is 1.20 bits per heavy atom. The number of benzene rings is 2. The van der Waals surface area contributed by atoms with E-state index >= 15 is 0 Å². The van der Waals surface area contributed by atoms with Gasteiger partial charge in [-0.2, -0.15) is 0 Å². The molecule has 1 aromatic heterocycles. The van der Waals surface area contributed by atoms with Gasteiger partial charge >= 0.3 is 0 Å². The van der Waals surface area contributed by atoms with Gasteiger partial charge in [0.05, 0.1) is 31.0 Å². The van der Waals surface area contributed by atoms with Gasteiger partial charge in [-0.25, -0.2) is 4.98 Å². The van der Waals surface area contributed by atoms with E-state index in [1.165, 1.54) is 0 Å². The molecular weight excluding hydrogens is 250 g/mol. The molecular formula is C16H17N3O. The molecule has 0 bridgehead atoms. The van der Waals surface area contributed by atoms with Crippen LogP contribution < -0.4 is 10.5 Å². The van der Waals surface area contributed by atoms with E-state index in [0.29, 0.717) is 6.54 Å². The summed E-state index contributed by atoms with van der Waals surface area (Å²) in [5.41, 5.74) is 10.0. The molecule has 0 atom stereocenters. The van der Waals surface area contributed by atoms with Gasteiger partial charge in [-0.3, -0.25) is 0 Å². The molecule has 2 aromatic carbocycles. The van der Waals surface area contributed by atoms with Crippen LogP contribution in [0.3, 0.4) is 0 Å². The molecule has 1 heterocycles. The van der Waals surface area contributed by atoms with E-state index in [-0.39, 0.29) is 0 Å². The fraction of sp³-hybridized carbons (Fsp3) is 0.188. The third kappa shape index (κ3) is 2.26. The maximum atomic E-state index is 5.71. The normalized spacial score (nSPS) is 10.9. The molecule has 0 saturated heterocycles. The Bertz CT molecular complexity index is 733. The molecule has 0 spiro atoms. The summed E-state index contributed by atoms with van der Waals surface area (Å²) >= 11 is 0. The van der Waals surface area contributed by atoms with Gasteiger partial charge in [-0.05, 0) is 29.8 Å². The number of rotatable bonds is 4. The molecule has 0 amide bonds. The van der Waals surface area contributed by atoms with Gasteiger partial charge in [0.25, 0.3) is 0 Å². The van der Waals surface area contributed by atoms with Gasteiger partial charge in [0, 0.05) is 12.1 Å². The molecule has 0 radical (unpaired) electrons. The molecule has 4 nitrogen and oxygen atoms in total. The first-order valence-electron chi connectivity index (χ1n) is 6.57. The lowest BCUT2D eigenvalue weighted by molar-refractivity contribution is 0.408. The minimum absolute atomic E-state index is 0.529. The number of hydrogen-bond donors (Lipinski definition) is 1. The van der Waals surface area contributed by atoms with E-state index in [1.54, 1.807) is 7.11 Å². The van der Waals surface area contributed by atoms with Crippen molar-refractivity contribution in [3.63, 3.8) is 0 Å². The van der Waals surface area contributed by atoms with Crippen molar-refractivity contribution in [3.8, 4) is 5.75 Å². The number of ether oxygens (including phenoxy) is 1. The van der Waals surface area contributed by atoms with E-state index in [1.807, 2.05) is 36.7 Å². The molecule has 20 heavy (non-hydrogen) atoms. The average Bonchev–Trinajstić information content (AvgIpc) is 2.90. The van der Waals surface area contributed by atoms with Crippen LogP contribution in [0, 0.1) is 0 Å². The Labute approximate surface area is 117 Å². The van der Waals surface area contributed by atoms with Crippen LogP contribution in [0.15, 0.2) is 48.8 Å². The van der Waals surface area contributed by atoms with Gasteiger partial charge in [0.1, 0.15) is 5.75 Å².